The number of esters is 1. The van der Waals surface area contributed by atoms with Gasteiger partial charge in [-0.1, -0.05) is 54.1 Å². The van der Waals surface area contributed by atoms with E-state index in [0.717, 1.165) is 15.4 Å². The minimum absolute atomic E-state index is 0.0144. The van der Waals surface area contributed by atoms with E-state index >= 15 is 0 Å². The number of carbonyl (C=O) groups is 2. The highest BCUT2D eigenvalue weighted by Gasteiger charge is 2.29. The number of hydrogen-bond donors (Lipinski definition) is 1. The maximum absolute atomic E-state index is 13.1. The highest BCUT2D eigenvalue weighted by Crippen LogP contribution is 2.23. The lowest BCUT2D eigenvalue weighted by Crippen LogP contribution is -2.35. The van der Waals surface area contributed by atoms with Gasteiger partial charge in [0.15, 0.2) is 0 Å². The highest BCUT2D eigenvalue weighted by molar-refractivity contribution is 7.89. The molecule has 0 fully saturated rings. The lowest BCUT2D eigenvalue weighted by atomic mass is 10.1. The van der Waals surface area contributed by atoms with Crippen molar-refractivity contribution in [2.45, 2.75) is 24.8 Å². The van der Waals surface area contributed by atoms with Crippen molar-refractivity contribution in [3.63, 3.8) is 0 Å². The molecule has 0 bridgehead atoms. The fourth-order valence-electron chi connectivity index (χ4n) is 3.19. The van der Waals surface area contributed by atoms with Crippen molar-refractivity contribution in [2.24, 2.45) is 0 Å². The van der Waals surface area contributed by atoms with Crippen molar-refractivity contribution >= 4 is 39.2 Å². The molecule has 3 aromatic rings. The van der Waals surface area contributed by atoms with Gasteiger partial charge < -0.3 is 10.1 Å². The first-order valence-corrected chi connectivity index (χ1v) is 12.2. The van der Waals surface area contributed by atoms with E-state index in [1.165, 1.54) is 31.3 Å². The van der Waals surface area contributed by atoms with E-state index in [2.05, 4.69) is 5.32 Å². The van der Waals surface area contributed by atoms with Gasteiger partial charge in [0.25, 0.3) is 5.91 Å². The van der Waals surface area contributed by atoms with Gasteiger partial charge >= 0.3 is 5.97 Å². The van der Waals surface area contributed by atoms with Gasteiger partial charge in [-0.2, -0.15) is 4.31 Å². The van der Waals surface area contributed by atoms with Gasteiger partial charge in [0.05, 0.1) is 4.90 Å². The second-order valence-electron chi connectivity index (χ2n) is 7.80. The van der Waals surface area contributed by atoms with Crippen LogP contribution in [0.25, 0.3) is 0 Å². The molecule has 34 heavy (non-hydrogen) atoms. The van der Waals surface area contributed by atoms with Crippen molar-refractivity contribution in [3.05, 3.63) is 94.5 Å². The standard InChI is InChI=1S/C25H25ClN2O5S/c1-17-9-10-18(2)22(15-17)27-25(30)24(19-7-5-4-6-8-19)33-23(29)16-28(3)34(31,32)21-13-11-20(26)12-14-21/h4-15,24H,16H2,1-3H3,(H,27,30). The summed E-state index contributed by atoms with van der Waals surface area (Å²) in [7, 11) is -2.69. The summed E-state index contributed by atoms with van der Waals surface area (Å²) in [6, 6.07) is 19.8. The summed E-state index contributed by atoms with van der Waals surface area (Å²) >= 11 is 5.83. The van der Waals surface area contributed by atoms with Crippen molar-refractivity contribution in [3.8, 4) is 0 Å². The topological polar surface area (TPSA) is 92.8 Å². The Morgan fingerprint density at radius 1 is 1.00 bits per heavy atom. The number of likely N-dealkylation sites (N-methyl/N-ethyl adjacent to an activating group) is 1. The summed E-state index contributed by atoms with van der Waals surface area (Å²) in [5.74, 6) is -1.42. The maximum Gasteiger partial charge on any atom is 0.322 e. The maximum atomic E-state index is 13.1. The van der Waals surface area contributed by atoms with E-state index in [-0.39, 0.29) is 4.90 Å². The molecule has 7 nitrogen and oxygen atoms in total. The quantitative estimate of drug-likeness (QED) is 0.460. The SMILES string of the molecule is Cc1ccc(C)c(NC(=O)C(OC(=O)CN(C)S(=O)(=O)c2ccc(Cl)cc2)c2ccccc2)c1. The van der Waals surface area contributed by atoms with Crippen LogP contribution in [0.1, 0.15) is 22.8 Å². The number of hydrogen-bond acceptors (Lipinski definition) is 5. The normalized spacial score (nSPS) is 12.3. The number of carbonyl (C=O) groups excluding carboxylic acids is 2. The molecule has 1 unspecified atom stereocenters. The van der Waals surface area contributed by atoms with E-state index < -0.39 is 34.5 Å². The smallest absolute Gasteiger partial charge is 0.322 e. The zero-order chi connectivity index (χ0) is 24.9. The lowest BCUT2D eigenvalue weighted by molar-refractivity contribution is -0.154. The van der Waals surface area contributed by atoms with Gasteiger partial charge in [-0.3, -0.25) is 9.59 Å². The molecule has 0 aliphatic heterocycles. The third kappa shape index (κ3) is 6.22. The van der Waals surface area contributed by atoms with E-state index in [4.69, 9.17) is 16.3 Å². The molecule has 1 amide bonds. The second-order valence-corrected chi connectivity index (χ2v) is 10.3. The van der Waals surface area contributed by atoms with E-state index in [1.807, 2.05) is 32.0 Å². The predicted octanol–water partition coefficient (Wildman–Crippen LogP) is 4.50. The number of nitrogens with one attached hydrogen (secondary N) is 1. The van der Waals surface area contributed by atoms with Crippen LogP contribution in [0, 0.1) is 13.8 Å². The minimum atomic E-state index is -3.96. The average molecular weight is 501 g/mol. The number of nitrogens with zero attached hydrogens (tertiary/aromatic N) is 1. The number of ether oxygens (including phenoxy) is 1. The number of benzene rings is 3. The molecule has 1 N–H and O–H groups in total. The Balaban J connectivity index is 1.78. The van der Waals surface area contributed by atoms with Gasteiger partial charge in [0, 0.05) is 23.3 Å². The summed E-state index contributed by atoms with van der Waals surface area (Å²) in [5.41, 5.74) is 2.88. The van der Waals surface area contributed by atoms with Crippen LogP contribution in [0.15, 0.2) is 77.7 Å². The Morgan fingerprint density at radius 3 is 2.29 bits per heavy atom. The first kappa shape index (κ1) is 25.4. The predicted molar refractivity (Wildman–Crippen MR) is 131 cm³/mol. The molecule has 178 valence electrons. The summed E-state index contributed by atoms with van der Waals surface area (Å²) in [5, 5.41) is 3.20. The highest BCUT2D eigenvalue weighted by atomic mass is 35.5. The Kier molecular flexibility index (Phi) is 8.09. The van der Waals surface area contributed by atoms with E-state index in [1.54, 1.807) is 30.3 Å². The molecule has 9 heteroatoms. The molecular weight excluding hydrogens is 476 g/mol. The molecular formula is C25H25ClN2O5S. The molecule has 0 saturated heterocycles. The number of rotatable bonds is 8. The molecule has 0 aliphatic rings. The molecule has 0 spiro atoms. The largest absolute Gasteiger partial charge is 0.446 e. The zero-order valence-corrected chi connectivity index (χ0v) is 20.6. The fraction of sp³-hybridized carbons (Fsp3) is 0.200. The van der Waals surface area contributed by atoms with Crippen LogP contribution < -0.4 is 5.32 Å². The zero-order valence-electron chi connectivity index (χ0n) is 19.0. The van der Waals surface area contributed by atoms with Crippen LogP contribution in [0.2, 0.25) is 5.02 Å². The van der Waals surface area contributed by atoms with Gasteiger partial charge in [-0.15, -0.1) is 0 Å². The monoisotopic (exact) mass is 500 g/mol. The van der Waals surface area contributed by atoms with Gasteiger partial charge in [-0.25, -0.2) is 8.42 Å². The Morgan fingerprint density at radius 2 is 1.65 bits per heavy atom. The third-order valence-corrected chi connectivity index (χ3v) is 7.18. The molecule has 0 radical (unpaired) electrons. The van der Waals surface area contributed by atoms with E-state index in [0.29, 0.717) is 16.3 Å². The summed E-state index contributed by atoms with van der Waals surface area (Å²) in [6.45, 7) is 3.18. The van der Waals surface area contributed by atoms with Crippen LogP contribution in [0.4, 0.5) is 5.69 Å². The molecule has 1 atom stereocenters. The average Bonchev–Trinajstić information content (AvgIpc) is 2.80. The first-order valence-electron chi connectivity index (χ1n) is 10.4. The van der Waals surface area contributed by atoms with Crippen LogP contribution in [-0.2, 0) is 24.3 Å². The molecule has 0 heterocycles. The second kappa shape index (κ2) is 10.8. The molecule has 0 aliphatic carbocycles. The van der Waals surface area contributed by atoms with Gasteiger partial charge in [0.2, 0.25) is 16.1 Å². The summed E-state index contributed by atoms with van der Waals surface area (Å²) in [6.07, 6.45) is -1.26. The van der Waals surface area contributed by atoms with Crippen LogP contribution in [0.3, 0.4) is 0 Å². The molecule has 0 saturated carbocycles. The summed E-state index contributed by atoms with van der Waals surface area (Å²) in [4.78, 5) is 25.8. The Hall–Kier alpha value is -3.20. The lowest BCUT2D eigenvalue weighted by Gasteiger charge is -2.21. The van der Waals surface area contributed by atoms with Gasteiger partial charge in [-0.05, 0) is 55.3 Å². The Labute approximate surface area is 204 Å². The van der Waals surface area contributed by atoms with E-state index in [9.17, 15) is 18.0 Å². The van der Waals surface area contributed by atoms with Crippen molar-refractivity contribution in [2.75, 3.05) is 18.9 Å². The number of anilines is 1. The van der Waals surface area contributed by atoms with Crippen molar-refractivity contribution in [1.82, 2.24) is 4.31 Å². The molecule has 3 aromatic carbocycles. The van der Waals surface area contributed by atoms with Crippen LogP contribution in [-0.4, -0.2) is 38.2 Å². The van der Waals surface area contributed by atoms with Gasteiger partial charge in [0.1, 0.15) is 6.54 Å². The number of sulfonamides is 1. The van der Waals surface area contributed by atoms with Crippen LogP contribution >= 0.6 is 11.6 Å². The summed E-state index contributed by atoms with van der Waals surface area (Å²) < 4.78 is 31.9. The number of amides is 1. The molecule has 3 rings (SSSR count). The van der Waals surface area contributed by atoms with Crippen LogP contribution in [0.5, 0.6) is 0 Å². The number of halogens is 1. The molecule has 0 aromatic heterocycles. The third-order valence-electron chi connectivity index (χ3n) is 5.11. The fourth-order valence-corrected chi connectivity index (χ4v) is 4.43. The van der Waals surface area contributed by atoms with Crippen molar-refractivity contribution < 1.29 is 22.7 Å². The first-order chi connectivity index (χ1) is 16.1. The Bertz CT molecular complexity index is 1280. The minimum Gasteiger partial charge on any atom is -0.446 e. The number of aryl methyl sites for hydroxylation is 2. The van der Waals surface area contributed by atoms with Crippen molar-refractivity contribution in [1.29, 1.82) is 0 Å².